The monoisotopic (exact) mass is 395 g/mol. The van der Waals surface area contributed by atoms with E-state index in [-0.39, 0.29) is 0 Å². The summed E-state index contributed by atoms with van der Waals surface area (Å²) < 4.78 is 0. The summed E-state index contributed by atoms with van der Waals surface area (Å²) in [5.74, 6) is 0. The summed E-state index contributed by atoms with van der Waals surface area (Å²) in [7, 11) is 0. The van der Waals surface area contributed by atoms with Crippen LogP contribution in [0.1, 0.15) is 5.56 Å². The molecule has 1 aliphatic rings. The van der Waals surface area contributed by atoms with Gasteiger partial charge in [0.2, 0.25) is 0 Å². The second-order valence-electron chi connectivity index (χ2n) is 6.85. The molecule has 0 aliphatic carbocycles. The van der Waals surface area contributed by atoms with Gasteiger partial charge in [0.25, 0.3) is 0 Å². The lowest BCUT2D eigenvalue weighted by Crippen LogP contribution is -2.49. The van der Waals surface area contributed by atoms with Crippen molar-refractivity contribution in [3.8, 4) is 0 Å². The zero-order valence-corrected chi connectivity index (χ0v) is 16.6. The average molecular weight is 396 g/mol. The number of anilines is 1. The predicted molar refractivity (Wildman–Crippen MR) is 118 cm³/mol. The lowest BCUT2D eigenvalue weighted by molar-refractivity contribution is 0.177. The highest BCUT2D eigenvalue weighted by molar-refractivity contribution is 7.80. The van der Waals surface area contributed by atoms with E-state index in [1.165, 1.54) is 16.3 Å². The molecule has 27 heavy (non-hydrogen) atoms. The van der Waals surface area contributed by atoms with Crippen molar-refractivity contribution in [1.29, 1.82) is 0 Å². The maximum Gasteiger partial charge on any atom is 0.173 e. The SMILES string of the molecule is S=C(Nc1cccc2ccccc12)N1CCN(Cc2ccc(Cl)cc2)CC1. The first kappa shape index (κ1) is 18.2. The molecule has 0 aromatic heterocycles. The van der Waals surface area contributed by atoms with Crippen LogP contribution in [0.25, 0.3) is 10.8 Å². The second-order valence-corrected chi connectivity index (χ2v) is 7.67. The third-order valence-electron chi connectivity index (χ3n) is 5.01. The van der Waals surface area contributed by atoms with Crippen LogP contribution in [0.15, 0.2) is 66.7 Å². The predicted octanol–water partition coefficient (Wildman–Crippen LogP) is 5.01. The lowest BCUT2D eigenvalue weighted by Gasteiger charge is -2.36. The highest BCUT2D eigenvalue weighted by atomic mass is 35.5. The van der Waals surface area contributed by atoms with Gasteiger partial charge in [0.1, 0.15) is 0 Å². The molecule has 0 unspecified atom stereocenters. The fourth-order valence-electron chi connectivity index (χ4n) is 3.49. The van der Waals surface area contributed by atoms with Crippen LogP contribution in [-0.4, -0.2) is 41.1 Å². The Morgan fingerprint density at radius 1 is 0.889 bits per heavy atom. The van der Waals surface area contributed by atoms with Crippen LogP contribution >= 0.6 is 23.8 Å². The molecule has 3 nitrogen and oxygen atoms in total. The summed E-state index contributed by atoms with van der Waals surface area (Å²) >= 11 is 11.7. The molecule has 0 atom stereocenters. The zero-order chi connectivity index (χ0) is 18.6. The number of rotatable bonds is 3. The summed E-state index contributed by atoms with van der Waals surface area (Å²) in [5.41, 5.74) is 2.37. The van der Waals surface area contributed by atoms with E-state index in [9.17, 15) is 0 Å². The third kappa shape index (κ3) is 4.41. The molecule has 1 aliphatic heterocycles. The quantitative estimate of drug-likeness (QED) is 0.628. The molecular weight excluding hydrogens is 374 g/mol. The average Bonchev–Trinajstić information content (AvgIpc) is 2.70. The van der Waals surface area contributed by atoms with Gasteiger partial charge in [0.15, 0.2) is 5.11 Å². The van der Waals surface area contributed by atoms with Crippen molar-refractivity contribution in [2.75, 3.05) is 31.5 Å². The number of fused-ring (bicyclic) bond motifs is 1. The van der Waals surface area contributed by atoms with Crippen LogP contribution in [0.5, 0.6) is 0 Å². The Morgan fingerprint density at radius 3 is 2.37 bits per heavy atom. The van der Waals surface area contributed by atoms with Gasteiger partial charge in [-0.3, -0.25) is 4.90 Å². The number of piperazine rings is 1. The molecule has 0 bridgehead atoms. The van der Waals surface area contributed by atoms with Gasteiger partial charge in [0, 0.05) is 48.8 Å². The van der Waals surface area contributed by atoms with E-state index in [4.69, 9.17) is 23.8 Å². The van der Waals surface area contributed by atoms with Gasteiger partial charge in [-0.1, -0.05) is 60.1 Å². The molecule has 0 saturated carbocycles. The van der Waals surface area contributed by atoms with Gasteiger partial charge in [0.05, 0.1) is 0 Å². The van der Waals surface area contributed by atoms with Gasteiger partial charge in [-0.2, -0.15) is 0 Å². The number of thiocarbonyl (C=S) groups is 1. The van der Waals surface area contributed by atoms with E-state index in [2.05, 4.69) is 69.7 Å². The molecule has 0 amide bonds. The fraction of sp³-hybridized carbons (Fsp3) is 0.227. The number of hydrogen-bond donors (Lipinski definition) is 1. The van der Waals surface area contributed by atoms with Gasteiger partial charge in [-0.15, -0.1) is 0 Å². The molecule has 0 spiro atoms. The van der Waals surface area contributed by atoms with E-state index in [1.807, 2.05) is 12.1 Å². The summed E-state index contributed by atoms with van der Waals surface area (Å²) in [6.45, 7) is 4.82. The fourth-order valence-corrected chi connectivity index (χ4v) is 3.90. The van der Waals surface area contributed by atoms with Crippen molar-refractivity contribution in [3.63, 3.8) is 0 Å². The van der Waals surface area contributed by atoms with Gasteiger partial charge < -0.3 is 10.2 Å². The number of nitrogens with one attached hydrogen (secondary N) is 1. The Hall–Kier alpha value is -2.14. The van der Waals surface area contributed by atoms with E-state index in [1.54, 1.807) is 0 Å². The summed E-state index contributed by atoms with van der Waals surface area (Å²) in [4.78, 5) is 4.72. The first-order valence-electron chi connectivity index (χ1n) is 9.19. The molecular formula is C22H22ClN3S. The minimum absolute atomic E-state index is 0.786. The van der Waals surface area contributed by atoms with Gasteiger partial charge in [-0.25, -0.2) is 0 Å². The first-order chi connectivity index (χ1) is 13.2. The first-order valence-corrected chi connectivity index (χ1v) is 9.98. The molecule has 3 aromatic rings. The van der Waals surface area contributed by atoms with E-state index < -0.39 is 0 Å². The molecule has 1 heterocycles. The van der Waals surface area contributed by atoms with Crippen molar-refractivity contribution in [1.82, 2.24) is 9.80 Å². The maximum absolute atomic E-state index is 5.97. The maximum atomic E-state index is 5.97. The molecule has 3 aromatic carbocycles. The van der Waals surface area contributed by atoms with Gasteiger partial charge >= 0.3 is 0 Å². The Morgan fingerprint density at radius 2 is 1.59 bits per heavy atom. The van der Waals surface area contributed by atoms with Crippen LogP contribution in [-0.2, 0) is 6.54 Å². The third-order valence-corrected chi connectivity index (χ3v) is 5.62. The molecule has 138 valence electrons. The highest BCUT2D eigenvalue weighted by Gasteiger charge is 2.19. The van der Waals surface area contributed by atoms with Gasteiger partial charge in [-0.05, 0) is 41.4 Å². The van der Waals surface area contributed by atoms with Crippen LogP contribution in [0, 0.1) is 0 Å². The Kier molecular flexibility index (Phi) is 5.58. The molecule has 4 rings (SSSR count). The normalized spacial score (nSPS) is 15.1. The second kappa shape index (κ2) is 8.26. The van der Waals surface area contributed by atoms with Crippen LogP contribution in [0.2, 0.25) is 5.02 Å². The molecule has 1 N–H and O–H groups in total. The van der Waals surface area contributed by atoms with Crippen LogP contribution in [0.4, 0.5) is 5.69 Å². The number of nitrogens with zero attached hydrogens (tertiary/aromatic N) is 2. The lowest BCUT2D eigenvalue weighted by atomic mass is 10.1. The summed E-state index contributed by atoms with van der Waals surface area (Å²) in [6, 6.07) is 22.8. The van der Waals surface area contributed by atoms with Crippen LogP contribution < -0.4 is 5.32 Å². The van der Waals surface area contributed by atoms with E-state index in [0.29, 0.717) is 0 Å². The Bertz CT molecular complexity index is 928. The van der Waals surface area contributed by atoms with Crippen molar-refractivity contribution >= 4 is 45.4 Å². The van der Waals surface area contributed by atoms with Crippen molar-refractivity contribution in [2.45, 2.75) is 6.54 Å². The van der Waals surface area contributed by atoms with E-state index in [0.717, 1.165) is 48.5 Å². The number of hydrogen-bond acceptors (Lipinski definition) is 2. The van der Waals surface area contributed by atoms with Crippen molar-refractivity contribution < 1.29 is 0 Å². The number of halogens is 1. The molecule has 5 heteroatoms. The van der Waals surface area contributed by atoms with E-state index >= 15 is 0 Å². The van der Waals surface area contributed by atoms with Crippen molar-refractivity contribution in [3.05, 3.63) is 77.3 Å². The highest BCUT2D eigenvalue weighted by Crippen LogP contribution is 2.23. The standard InChI is InChI=1S/C22H22ClN3S/c23-19-10-8-17(9-11-19)16-25-12-14-26(15-13-25)22(27)24-21-7-3-5-18-4-1-2-6-20(18)21/h1-11H,12-16H2,(H,24,27). The molecule has 1 fully saturated rings. The van der Waals surface area contributed by atoms with Crippen molar-refractivity contribution in [2.24, 2.45) is 0 Å². The Balaban J connectivity index is 1.35. The summed E-state index contributed by atoms with van der Waals surface area (Å²) in [5, 5.41) is 7.46. The molecule has 0 radical (unpaired) electrons. The smallest absolute Gasteiger partial charge is 0.173 e. The zero-order valence-electron chi connectivity index (χ0n) is 15.1. The van der Waals surface area contributed by atoms with Crippen LogP contribution in [0.3, 0.4) is 0 Å². The topological polar surface area (TPSA) is 18.5 Å². The largest absolute Gasteiger partial charge is 0.346 e. The minimum atomic E-state index is 0.786. The summed E-state index contributed by atoms with van der Waals surface area (Å²) in [6.07, 6.45) is 0. The Labute approximate surface area is 170 Å². The number of benzene rings is 3. The molecule has 1 saturated heterocycles. The minimum Gasteiger partial charge on any atom is -0.346 e.